The summed E-state index contributed by atoms with van der Waals surface area (Å²) in [4.78, 5) is 26.3. The zero-order chi connectivity index (χ0) is 21.3. The fourth-order valence-electron chi connectivity index (χ4n) is 2.98. The molecule has 164 valence electrons. The summed E-state index contributed by atoms with van der Waals surface area (Å²) in [7, 11) is 3.65. The predicted molar refractivity (Wildman–Crippen MR) is 136 cm³/mol. The maximum atomic E-state index is 12.2. The minimum absolute atomic E-state index is 0. The molecule has 1 amide bonds. The molecular weight excluding hydrogens is 527 g/mol. The first kappa shape index (κ1) is 24.7. The molecule has 31 heavy (non-hydrogen) atoms. The molecule has 1 aromatic heterocycles. The number of guanidine groups is 1. The number of carbonyl (C=O) groups is 1. The first-order chi connectivity index (χ1) is 14.6. The molecule has 0 atom stereocenters. The Hall–Kier alpha value is -2.59. The second kappa shape index (κ2) is 12.3. The molecule has 0 unspecified atom stereocenters. The number of nitrogens with zero attached hydrogens (tertiary/aromatic N) is 3. The number of carbonyl (C=O) groups excluding carboxylic acids is 1. The minimum atomic E-state index is -0.199. The Balaban J connectivity index is 0.00000341. The van der Waals surface area contributed by atoms with Gasteiger partial charge in [-0.05, 0) is 17.7 Å². The summed E-state index contributed by atoms with van der Waals surface area (Å²) >= 11 is 6.05. The van der Waals surface area contributed by atoms with Gasteiger partial charge in [0, 0.05) is 27.2 Å². The van der Waals surface area contributed by atoms with Crippen molar-refractivity contribution < 1.29 is 4.79 Å². The van der Waals surface area contributed by atoms with Crippen LogP contribution in [0.1, 0.15) is 16.2 Å². The number of hydrogen-bond donors (Lipinski definition) is 3. The standard InChI is InChI=1S/C22H25ClN6O.HI/c1-24-22(26-13-12-25-21(30)17-10-6-7-11-18(17)23)29(2)15-20-27-14-19(28-20)16-8-4-3-5-9-16;/h3-11,14H,12-13,15H2,1-2H3,(H,24,26)(H,25,30)(H,27,28);1H. The molecule has 0 spiro atoms. The molecule has 2 aromatic carbocycles. The van der Waals surface area contributed by atoms with Gasteiger partial charge >= 0.3 is 0 Å². The number of halogens is 2. The quantitative estimate of drug-likeness (QED) is 0.180. The normalized spacial score (nSPS) is 10.9. The third kappa shape index (κ3) is 6.96. The second-order valence-corrected chi connectivity index (χ2v) is 7.08. The summed E-state index contributed by atoms with van der Waals surface area (Å²) in [6, 6.07) is 17.0. The molecule has 0 aliphatic carbocycles. The van der Waals surface area contributed by atoms with Gasteiger partial charge in [-0.25, -0.2) is 4.98 Å². The van der Waals surface area contributed by atoms with Crippen LogP contribution in [0.4, 0.5) is 0 Å². The number of benzene rings is 2. The molecule has 0 radical (unpaired) electrons. The van der Waals surface area contributed by atoms with Crippen LogP contribution in [0.15, 0.2) is 65.8 Å². The van der Waals surface area contributed by atoms with Crippen molar-refractivity contribution in [3.8, 4) is 11.3 Å². The third-order valence-electron chi connectivity index (χ3n) is 4.49. The van der Waals surface area contributed by atoms with E-state index in [-0.39, 0.29) is 29.9 Å². The number of aromatic amines is 1. The zero-order valence-corrected chi connectivity index (χ0v) is 20.5. The van der Waals surface area contributed by atoms with E-state index in [0.717, 1.165) is 17.1 Å². The van der Waals surface area contributed by atoms with E-state index in [4.69, 9.17) is 11.6 Å². The Morgan fingerprint density at radius 3 is 2.48 bits per heavy atom. The van der Waals surface area contributed by atoms with Crippen LogP contribution in [0, 0.1) is 0 Å². The lowest BCUT2D eigenvalue weighted by Gasteiger charge is -2.21. The molecule has 0 saturated carbocycles. The number of imidazole rings is 1. The SMILES string of the molecule is CN=C(NCCNC(=O)c1ccccc1Cl)N(C)Cc1ncc(-c2ccccc2)[nH]1.I. The summed E-state index contributed by atoms with van der Waals surface area (Å²) in [5, 5.41) is 6.52. The van der Waals surface area contributed by atoms with E-state index < -0.39 is 0 Å². The van der Waals surface area contributed by atoms with Crippen molar-refractivity contribution in [1.82, 2.24) is 25.5 Å². The number of rotatable bonds is 7. The van der Waals surface area contributed by atoms with Gasteiger partial charge in [-0.1, -0.05) is 54.1 Å². The molecular formula is C22H26ClIN6O. The molecule has 0 aliphatic heterocycles. The number of aliphatic imine (C=N–C) groups is 1. The molecule has 9 heteroatoms. The van der Waals surface area contributed by atoms with E-state index in [1.165, 1.54) is 0 Å². The summed E-state index contributed by atoms with van der Waals surface area (Å²) in [5.41, 5.74) is 2.53. The molecule has 0 saturated heterocycles. The first-order valence-corrected chi connectivity index (χ1v) is 10.00. The number of H-pyrrole nitrogens is 1. The van der Waals surface area contributed by atoms with Crippen LogP contribution >= 0.6 is 35.6 Å². The highest BCUT2D eigenvalue weighted by molar-refractivity contribution is 14.0. The fourth-order valence-corrected chi connectivity index (χ4v) is 3.20. The topological polar surface area (TPSA) is 85.4 Å². The Labute approximate surface area is 204 Å². The maximum Gasteiger partial charge on any atom is 0.252 e. The van der Waals surface area contributed by atoms with E-state index in [0.29, 0.717) is 36.2 Å². The molecule has 3 N–H and O–H groups in total. The summed E-state index contributed by atoms with van der Waals surface area (Å²) in [6.07, 6.45) is 1.83. The summed E-state index contributed by atoms with van der Waals surface area (Å²) in [6.45, 7) is 1.54. The summed E-state index contributed by atoms with van der Waals surface area (Å²) < 4.78 is 0. The van der Waals surface area contributed by atoms with E-state index in [1.807, 2.05) is 48.5 Å². The van der Waals surface area contributed by atoms with Gasteiger partial charge < -0.3 is 20.5 Å². The lowest BCUT2D eigenvalue weighted by Crippen LogP contribution is -2.42. The van der Waals surface area contributed by atoms with Gasteiger partial charge in [0.2, 0.25) is 0 Å². The molecule has 0 aliphatic rings. The first-order valence-electron chi connectivity index (χ1n) is 9.62. The average Bonchev–Trinajstić information content (AvgIpc) is 3.23. The van der Waals surface area contributed by atoms with Crippen molar-refractivity contribution in [3.63, 3.8) is 0 Å². The monoisotopic (exact) mass is 552 g/mol. The van der Waals surface area contributed by atoms with Gasteiger partial charge in [0.15, 0.2) is 5.96 Å². The smallest absolute Gasteiger partial charge is 0.252 e. The molecule has 1 heterocycles. The van der Waals surface area contributed by atoms with Gasteiger partial charge in [-0.15, -0.1) is 24.0 Å². The molecule has 3 rings (SSSR count). The average molecular weight is 553 g/mol. The highest BCUT2D eigenvalue weighted by Gasteiger charge is 2.11. The van der Waals surface area contributed by atoms with Gasteiger partial charge in [-0.3, -0.25) is 9.79 Å². The number of aromatic nitrogens is 2. The number of amides is 1. The highest BCUT2D eigenvalue weighted by atomic mass is 127. The van der Waals surface area contributed by atoms with E-state index in [2.05, 4.69) is 25.6 Å². The van der Waals surface area contributed by atoms with Crippen molar-refractivity contribution in [2.75, 3.05) is 27.2 Å². The van der Waals surface area contributed by atoms with E-state index in [1.54, 1.807) is 31.3 Å². The highest BCUT2D eigenvalue weighted by Crippen LogP contribution is 2.16. The van der Waals surface area contributed by atoms with E-state index in [9.17, 15) is 4.79 Å². The van der Waals surface area contributed by atoms with Crippen LogP contribution in [-0.2, 0) is 6.54 Å². The van der Waals surface area contributed by atoms with Crippen molar-refractivity contribution in [3.05, 3.63) is 77.2 Å². The molecule has 3 aromatic rings. The second-order valence-electron chi connectivity index (χ2n) is 6.68. The Morgan fingerprint density at radius 2 is 1.77 bits per heavy atom. The third-order valence-corrected chi connectivity index (χ3v) is 4.82. The molecule has 0 fully saturated rings. The van der Waals surface area contributed by atoms with Crippen molar-refractivity contribution in [1.29, 1.82) is 0 Å². The Kier molecular flexibility index (Phi) is 9.80. The van der Waals surface area contributed by atoms with Gasteiger partial charge in [0.25, 0.3) is 5.91 Å². The van der Waals surface area contributed by atoms with Crippen LogP contribution in [0.2, 0.25) is 5.02 Å². The molecule has 7 nitrogen and oxygen atoms in total. The van der Waals surface area contributed by atoms with Gasteiger partial charge in [0.05, 0.1) is 29.0 Å². The maximum absolute atomic E-state index is 12.2. The van der Waals surface area contributed by atoms with Crippen molar-refractivity contribution in [2.24, 2.45) is 4.99 Å². The lowest BCUT2D eigenvalue weighted by molar-refractivity contribution is 0.0954. The van der Waals surface area contributed by atoms with Crippen LogP contribution in [0.25, 0.3) is 11.3 Å². The van der Waals surface area contributed by atoms with Crippen LogP contribution in [-0.4, -0.2) is 53.9 Å². The van der Waals surface area contributed by atoms with Crippen LogP contribution in [0.5, 0.6) is 0 Å². The van der Waals surface area contributed by atoms with Gasteiger partial charge in [-0.2, -0.15) is 0 Å². The fraction of sp³-hybridized carbons (Fsp3) is 0.227. The largest absolute Gasteiger partial charge is 0.354 e. The molecule has 0 bridgehead atoms. The summed E-state index contributed by atoms with van der Waals surface area (Å²) in [5.74, 6) is 1.35. The zero-order valence-electron chi connectivity index (χ0n) is 17.4. The predicted octanol–water partition coefficient (Wildman–Crippen LogP) is 3.79. The Bertz CT molecular complexity index is 1010. The van der Waals surface area contributed by atoms with Gasteiger partial charge in [0.1, 0.15) is 5.82 Å². The number of nitrogens with one attached hydrogen (secondary N) is 3. The lowest BCUT2D eigenvalue weighted by atomic mass is 10.2. The number of hydrogen-bond acceptors (Lipinski definition) is 3. The van der Waals surface area contributed by atoms with E-state index >= 15 is 0 Å². The van der Waals surface area contributed by atoms with Crippen molar-refractivity contribution >= 4 is 47.4 Å². The van der Waals surface area contributed by atoms with Crippen LogP contribution < -0.4 is 10.6 Å². The van der Waals surface area contributed by atoms with Crippen LogP contribution in [0.3, 0.4) is 0 Å². The minimum Gasteiger partial charge on any atom is -0.354 e. The Morgan fingerprint density at radius 1 is 1.10 bits per heavy atom. The van der Waals surface area contributed by atoms with Crippen molar-refractivity contribution in [2.45, 2.75) is 6.54 Å².